The maximum absolute atomic E-state index is 13.5. The highest BCUT2D eigenvalue weighted by Crippen LogP contribution is 2.39. The van der Waals surface area contributed by atoms with Crippen molar-refractivity contribution in [1.82, 2.24) is 0 Å². The largest absolute Gasteiger partial charge is 0.455 e. The molecule has 0 unspecified atom stereocenters. The molecule has 2 amide bonds. The highest BCUT2D eigenvalue weighted by atomic mass is 32.2. The summed E-state index contributed by atoms with van der Waals surface area (Å²) in [7, 11) is -8.92. The zero-order chi connectivity index (χ0) is 35.2. The van der Waals surface area contributed by atoms with Crippen LogP contribution in [0, 0.1) is 20.2 Å². The van der Waals surface area contributed by atoms with Gasteiger partial charge in [-0.3, -0.25) is 29.8 Å². The molecular formula is C30H26N4O12S2. The molecule has 0 bridgehead atoms. The first-order valence-corrected chi connectivity index (χ1v) is 17.3. The van der Waals surface area contributed by atoms with E-state index >= 15 is 0 Å². The highest BCUT2D eigenvalue weighted by Gasteiger charge is 2.33. The van der Waals surface area contributed by atoms with Crippen molar-refractivity contribution in [2.24, 2.45) is 0 Å². The van der Waals surface area contributed by atoms with Crippen molar-refractivity contribution < 1.29 is 45.7 Å². The molecule has 0 aliphatic rings. The van der Waals surface area contributed by atoms with Gasteiger partial charge >= 0.3 is 0 Å². The third-order valence-corrected chi connectivity index (χ3v) is 8.48. The van der Waals surface area contributed by atoms with E-state index in [-0.39, 0.29) is 23.0 Å². The summed E-state index contributed by atoms with van der Waals surface area (Å²) in [6.07, 6.45) is -0.344. The Morgan fingerprint density at radius 2 is 0.938 bits per heavy atom. The van der Waals surface area contributed by atoms with Gasteiger partial charge in [-0.2, -0.15) is 0 Å². The number of amides is 2. The van der Waals surface area contributed by atoms with Crippen LogP contribution in [0.4, 0.5) is 22.7 Å². The topological polar surface area (TPSA) is 214 Å². The normalized spacial score (nSPS) is 11.3. The van der Waals surface area contributed by atoms with Crippen molar-refractivity contribution in [1.29, 1.82) is 0 Å². The van der Waals surface area contributed by atoms with Gasteiger partial charge in [-0.25, -0.2) is 25.4 Å². The Morgan fingerprint density at radius 3 is 1.23 bits per heavy atom. The van der Waals surface area contributed by atoms with Crippen LogP contribution in [0.1, 0.15) is 12.8 Å². The van der Waals surface area contributed by atoms with Crippen molar-refractivity contribution in [2.45, 2.75) is 12.8 Å². The number of nitro groups is 2. The van der Waals surface area contributed by atoms with E-state index in [1.54, 1.807) is 36.4 Å². The van der Waals surface area contributed by atoms with Crippen LogP contribution in [0.25, 0.3) is 0 Å². The summed E-state index contributed by atoms with van der Waals surface area (Å²) in [5, 5.41) is 22.9. The number of carbonyl (C=O) groups is 2. The quantitative estimate of drug-likeness (QED) is 0.131. The average Bonchev–Trinajstić information content (AvgIpc) is 3.01. The second kappa shape index (κ2) is 14.3. The lowest BCUT2D eigenvalue weighted by Gasteiger charge is -2.25. The zero-order valence-corrected chi connectivity index (χ0v) is 26.8. The molecule has 0 heterocycles. The molecule has 0 aromatic heterocycles. The summed E-state index contributed by atoms with van der Waals surface area (Å²) < 4.78 is 63.7. The third-order valence-electron chi connectivity index (χ3n) is 6.36. The number of hydrogen-bond acceptors (Lipinski definition) is 12. The number of hydrogen-bond donors (Lipinski definition) is 0. The number of anilines is 2. The minimum Gasteiger partial charge on any atom is -0.455 e. The lowest BCUT2D eigenvalue weighted by Crippen LogP contribution is -2.39. The van der Waals surface area contributed by atoms with Crippen LogP contribution in [0.15, 0.2) is 97.1 Å². The van der Waals surface area contributed by atoms with Crippen molar-refractivity contribution >= 4 is 54.6 Å². The first kappa shape index (κ1) is 35.0. The van der Waals surface area contributed by atoms with Crippen molar-refractivity contribution in [3.8, 4) is 23.0 Å². The summed E-state index contributed by atoms with van der Waals surface area (Å²) >= 11 is 0. The number of benzene rings is 4. The second-order valence-corrected chi connectivity index (χ2v) is 13.7. The summed E-state index contributed by atoms with van der Waals surface area (Å²) in [6, 6.07) is 21.4. The molecule has 18 heteroatoms. The molecule has 4 rings (SSSR count). The van der Waals surface area contributed by atoms with E-state index in [4.69, 9.17) is 9.47 Å². The van der Waals surface area contributed by atoms with Crippen molar-refractivity contribution in [2.75, 3.05) is 21.1 Å². The fraction of sp³-hybridized carbons (Fsp3) is 0.133. The first-order valence-electron chi connectivity index (χ1n) is 13.6. The van der Waals surface area contributed by atoms with Gasteiger partial charge in [0, 0.05) is 25.0 Å². The van der Waals surface area contributed by atoms with Crippen LogP contribution in [0.5, 0.6) is 23.0 Å². The van der Waals surface area contributed by atoms with Gasteiger partial charge < -0.3 is 9.47 Å². The van der Waals surface area contributed by atoms with Crippen molar-refractivity contribution in [3.63, 3.8) is 0 Å². The van der Waals surface area contributed by atoms with Crippen LogP contribution in [-0.2, 0) is 29.6 Å². The molecule has 0 saturated heterocycles. The van der Waals surface area contributed by atoms with E-state index in [1.807, 2.05) is 0 Å². The highest BCUT2D eigenvalue weighted by molar-refractivity contribution is 7.93. The maximum atomic E-state index is 13.5. The molecule has 4 aromatic carbocycles. The summed E-state index contributed by atoms with van der Waals surface area (Å²) in [5.74, 6) is -2.81. The summed E-state index contributed by atoms with van der Waals surface area (Å²) in [4.78, 5) is 48.4. The maximum Gasteiger partial charge on any atom is 0.273 e. The van der Waals surface area contributed by atoms with Crippen LogP contribution < -0.4 is 18.1 Å². The predicted molar refractivity (Wildman–Crippen MR) is 173 cm³/mol. The Kier molecular flexibility index (Phi) is 10.4. The second-order valence-electron chi connectivity index (χ2n) is 9.99. The molecule has 250 valence electrons. The van der Waals surface area contributed by atoms with E-state index < -0.39 is 77.3 Å². The third kappa shape index (κ3) is 8.47. The van der Waals surface area contributed by atoms with Gasteiger partial charge in [0.25, 0.3) is 11.4 Å². The fourth-order valence-corrected chi connectivity index (χ4v) is 6.31. The summed E-state index contributed by atoms with van der Waals surface area (Å²) in [5.41, 5.74) is -1.75. The predicted octanol–water partition coefficient (Wildman–Crippen LogP) is 5.15. The van der Waals surface area contributed by atoms with E-state index in [0.717, 1.165) is 36.4 Å². The number of non-ortho nitro benzene ring substituents is 2. The van der Waals surface area contributed by atoms with E-state index in [1.165, 1.54) is 24.3 Å². The molecular weight excluding hydrogens is 672 g/mol. The fourth-order valence-electron chi connectivity index (χ4n) is 4.38. The van der Waals surface area contributed by atoms with Gasteiger partial charge in [0.1, 0.15) is 22.9 Å². The monoisotopic (exact) mass is 698 g/mol. The molecule has 0 fully saturated rings. The van der Waals surface area contributed by atoms with Gasteiger partial charge in [0.05, 0.1) is 34.5 Å². The number of sulfonamides is 2. The Labute approximate surface area is 274 Å². The van der Waals surface area contributed by atoms with Gasteiger partial charge in [-0.05, 0) is 36.4 Å². The molecule has 0 saturated carbocycles. The van der Waals surface area contributed by atoms with E-state index in [2.05, 4.69) is 0 Å². The molecule has 0 N–H and O–H groups in total. The first-order chi connectivity index (χ1) is 22.6. The molecule has 0 atom stereocenters. The number of ether oxygens (including phenoxy) is 2. The molecule has 0 aliphatic carbocycles. The Hall–Kier alpha value is -5.88. The van der Waals surface area contributed by atoms with Crippen molar-refractivity contribution in [3.05, 3.63) is 117 Å². The van der Waals surface area contributed by atoms with E-state index in [9.17, 15) is 46.7 Å². The lowest BCUT2D eigenvalue weighted by atomic mass is 10.2. The smallest absolute Gasteiger partial charge is 0.273 e. The molecule has 0 radical (unpaired) electrons. The number of para-hydroxylation sites is 2. The van der Waals surface area contributed by atoms with Gasteiger partial charge in [-0.1, -0.05) is 36.4 Å². The Bertz CT molecular complexity index is 1940. The standard InChI is InChI=1S/C30H26N4O12S2/c1-47(41,42)31(25-15-13-21(33(37)38)19-27(25)45-23-9-5-3-6-10-23)29(35)17-18-30(36)32(48(2,43)44)26-16-14-22(34(39)40)20-28(26)46-24-11-7-4-8-12-24/h3-16,19-20H,17-18H2,1-2H3. The van der Waals surface area contributed by atoms with Crippen LogP contribution >= 0.6 is 0 Å². The summed E-state index contributed by atoms with van der Waals surface area (Å²) in [6.45, 7) is 0. The zero-order valence-electron chi connectivity index (χ0n) is 25.2. The SMILES string of the molecule is CS(=O)(=O)N(C(=O)CCC(=O)N(c1ccc([N+](=O)[O-])cc1Oc1ccccc1)S(C)(=O)=O)c1ccc([N+](=O)[O-])cc1Oc1ccccc1. The van der Waals surface area contributed by atoms with Gasteiger partial charge in [0.2, 0.25) is 31.9 Å². The number of nitro benzene ring substituents is 2. The number of carbonyl (C=O) groups excluding carboxylic acids is 2. The van der Waals surface area contributed by atoms with Gasteiger partial charge in [-0.15, -0.1) is 0 Å². The van der Waals surface area contributed by atoms with Crippen LogP contribution in [0.3, 0.4) is 0 Å². The Morgan fingerprint density at radius 1 is 0.604 bits per heavy atom. The number of rotatable bonds is 13. The van der Waals surface area contributed by atoms with Gasteiger partial charge in [0.15, 0.2) is 11.5 Å². The van der Waals surface area contributed by atoms with Crippen LogP contribution in [0.2, 0.25) is 0 Å². The lowest BCUT2D eigenvalue weighted by molar-refractivity contribution is -0.385. The van der Waals surface area contributed by atoms with E-state index in [0.29, 0.717) is 21.1 Å². The molecule has 0 aliphatic heterocycles. The number of nitrogens with zero attached hydrogens (tertiary/aromatic N) is 4. The molecule has 0 spiro atoms. The van der Waals surface area contributed by atoms with Crippen LogP contribution in [-0.4, -0.2) is 51.0 Å². The molecule has 48 heavy (non-hydrogen) atoms. The average molecular weight is 699 g/mol. The Balaban J connectivity index is 1.69. The minimum absolute atomic E-state index is 0.163. The molecule has 4 aromatic rings. The minimum atomic E-state index is -4.46. The molecule has 16 nitrogen and oxygen atoms in total.